The number of nitrogens with one attached hydrogen (secondary N) is 3. The predicted octanol–water partition coefficient (Wildman–Crippen LogP) is 2.11. The Balaban J connectivity index is 1.74. The Bertz CT molecular complexity index is 706. The van der Waals surface area contributed by atoms with E-state index in [4.69, 9.17) is 0 Å². The van der Waals surface area contributed by atoms with E-state index >= 15 is 0 Å². The highest BCUT2D eigenvalue weighted by atomic mass is 16.1. The summed E-state index contributed by atoms with van der Waals surface area (Å²) in [5.74, 6) is 1.54. The van der Waals surface area contributed by atoms with E-state index in [1.54, 1.807) is 0 Å². The van der Waals surface area contributed by atoms with Crippen molar-refractivity contribution in [1.82, 2.24) is 15.3 Å². The molecule has 1 aromatic carbocycles. The van der Waals surface area contributed by atoms with Crippen LogP contribution in [0.3, 0.4) is 0 Å². The summed E-state index contributed by atoms with van der Waals surface area (Å²) in [7, 11) is 0. The summed E-state index contributed by atoms with van der Waals surface area (Å²) in [4.78, 5) is 18.8. The van der Waals surface area contributed by atoms with Crippen LogP contribution < -0.4 is 16.2 Å². The van der Waals surface area contributed by atoms with Gasteiger partial charge in [-0.1, -0.05) is 32.0 Å². The fraction of sp³-hybridized carbons (Fsp3) is 0.375. The Kier molecular flexibility index (Phi) is 3.75. The van der Waals surface area contributed by atoms with Crippen molar-refractivity contribution in [2.45, 2.75) is 39.4 Å². The van der Waals surface area contributed by atoms with Gasteiger partial charge in [-0.3, -0.25) is 4.79 Å². The molecule has 0 saturated heterocycles. The molecule has 0 amide bonds. The van der Waals surface area contributed by atoms with Gasteiger partial charge in [-0.25, -0.2) is 4.98 Å². The second kappa shape index (κ2) is 5.69. The lowest BCUT2D eigenvalue weighted by Crippen LogP contribution is -2.14. The van der Waals surface area contributed by atoms with Crippen LogP contribution in [0.15, 0.2) is 29.1 Å². The molecule has 5 heteroatoms. The minimum atomic E-state index is -0.116. The normalized spacial score (nSPS) is 13.5. The van der Waals surface area contributed by atoms with Gasteiger partial charge < -0.3 is 15.6 Å². The van der Waals surface area contributed by atoms with Gasteiger partial charge in [0.2, 0.25) is 0 Å². The van der Waals surface area contributed by atoms with Crippen LogP contribution in [0.5, 0.6) is 0 Å². The van der Waals surface area contributed by atoms with Gasteiger partial charge in [0.25, 0.3) is 5.56 Å². The van der Waals surface area contributed by atoms with Gasteiger partial charge in [-0.2, -0.15) is 0 Å². The van der Waals surface area contributed by atoms with Gasteiger partial charge in [0.1, 0.15) is 11.6 Å². The number of anilines is 1. The van der Waals surface area contributed by atoms with Crippen molar-refractivity contribution in [3.8, 4) is 0 Å². The molecule has 2 heterocycles. The summed E-state index contributed by atoms with van der Waals surface area (Å²) in [5, 5.41) is 6.57. The van der Waals surface area contributed by atoms with E-state index in [0.717, 1.165) is 13.1 Å². The highest BCUT2D eigenvalue weighted by molar-refractivity contribution is 5.38. The first kappa shape index (κ1) is 13.8. The molecule has 0 bridgehead atoms. The van der Waals surface area contributed by atoms with E-state index in [1.165, 1.54) is 22.8 Å². The molecule has 0 aliphatic carbocycles. The topological polar surface area (TPSA) is 69.8 Å². The van der Waals surface area contributed by atoms with Crippen LogP contribution in [-0.2, 0) is 19.6 Å². The van der Waals surface area contributed by atoms with E-state index < -0.39 is 0 Å². The molecule has 0 saturated carbocycles. The maximum atomic E-state index is 11.6. The number of hydrogen-bond donors (Lipinski definition) is 3. The van der Waals surface area contributed by atoms with Crippen LogP contribution in [0.2, 0.25) is 0 Å². The summed E-state index contributed by atoms with van der Waals surface area (Å²) >= 11 is 0. The van der Waals surface area contributed by atoms with E-state index in [0.29, 0.717) is 18.2 Å². The lowest BCUT2D eigenvalue weighted by molar-refractivity contribution is 0.764. The molecule has 110 valence electrons. The SMILES string of the molecule is CC(C)c1nc(NCc2ccc3c(c2)CNC3)cc(=O)[nH]1. The average molecular weight is 284 g/mol. The van der Waals surface area contributed by atoms with Crippen molar-refractivity contribution >= 4 is 5.82 Å². The number of hydrogen-bond acceptors (Lipinski definition) is 4. The highest BCUT2D eigenvalue weighted by Gasteiger charge is 2.10. The third kappa shape index (κ3) is 3.13. The molecule has 0 radical (unpaired) electrons. The minimum Gasteiger partial charge on any atom is -0.366 e. The average Bonchev–Trinajstić information content (AvgIpc) is 2.92. The number of H-pyrrole nitrogens is 1. The van der Waals surface area contributed by atoms with Gasteiger partial charge in [0.05, 0.1) is 0 Å². The third-order valence-electron chi connectivity index (χ3n) is 3.68. The number of nitrogens with zero attached hydrogens (tertiary/aromatic N) is 1. The monoisotopic (exact) mass is 284 g/mol. The Morgan fingerprint density at radius 3 is 2.86 bits per heavy atom. The quantitative estimate of drug-likeness (QED) is 0.804. The summed E-state index contributed by atoms with van der Waals surface area (Å²) in [5.41, 5.74) is 3.81. The Morgan fingerprint density at radius 2 is 2.05 bits per heavy atom. The standard InChI is InChI=1S/C16H20N4O/c1-10(2)16-19-14(6-15(21)20-16)18-7-11-3-4-12-8-17-9-13(12)5-11/h3-6,10,17H,7-9H2,1-2H3,(H2,18,19,20,21). The van der Waals surface area contributed by atoms with Gasteiger partial charge >= 0.3 is 0 Å². The maximum Gasteiger partial charge on any atom is 0.252 e. The largest absolute Gasteiger partial charge is 0.366 e. The molecule has 1 aliphatic heterocycles. The molecule has 21 heavy (non-hydrogen) atoms. The molecule has 0 fully saturated rings. The second-order valence-electron chi connectivity index (χ2n) is 5.73. The second-order valence-corrected chi connectivity index (χ2v) is 5.73. The first-order valence-corrected chi connectivity index (χ1v) is 7.28. The predicted molar refractivity (Wildman–Crippen MR) is 83.3 cm³/mol. The highest BCUT2D eigenvalue weighted by Crippen LogP contribution is 2.18. The zero-order valence-electron chi connectivity index (χ0n) is 12.4. The summed E-state index contributed by atoms with van der Waals surface area (Å²) in [6.07, 6.45) is 0. The van der Waals surface area contributed by atoms with Gasteiger partial charge in [-0.15, -0.1) is 0 Å². The van der Waals surface area contributed by atoms with Crippen LogP contribution in [0.1, 0.15) is 42.3 Å². The number of aromatic amines is 1. The minimum absolute atomic E-state index is 0.116. The Hall–Kier alpha value is -2.14. The van der Waals surface area contributed by atoms with Crippen LogP contribution in [0.25, 0.3) is 0 Å². The van der Waals surface area contributed by atoms with Gasteiger partial charge in [-0.05, 0) is 16.7 Å². The van der Waals surface area contributed by atoms with Gasteiger partial charge in [0, 0.05) is 31.6 Å². The molecule has 1 aromatic heterocycles. The molecule has 3 rings (SSSR count). The lowest BCUT2D eigenvalue weighted by Gasteiger charge is -2.10. The smallest absolute Gasteiger partial charge is 0.252 e. The molecule has 0 spiro atoms. The molecule has 1 aliphatic rings. The van der Waals surface area contributed by atoms with Crippen LogP contribution >= 0.6 is 0 Å². The van der Waals surface area contributed by atoms with E-state index in [-0.39, 0.29) is 11.5 Å². The number of rotatable bonds is 4. The van der Waals surface area contributed by atoms with Crippen molar-refractivity contribution in [1.29, 1.82) is 0 Å². The maximum absolute atomic E-state index is 11.6. The molecule has 2 aromatic rings. The van der Waals surface area contributed by atoms with Crippen molar-refractivity contribution < 1.29 is 0 Å². The Morgan fingerprint density at radius 1 is 1.24 bits per heavy atom. The number of benzene rings is 1. The van der Waals surface area contributed by atoms with Crippen molar-refractivity contribution in [3.05, 3.63) is 57.1 Å². The van der Waals surface area contributed by atoms with Gasteiger partial charge in [0.15, 0.2) is 0 Å². The van der Waals surface area contributed by atoms with Crippen molar-refractivity contribution in [2.75, 3.05) is 5.32 Å². The van der Waals surface area contributed by atoms with Crippen molar-refractivity contribution in [3.63, 3.8) is 0 Å². The Labute approximate surface area is 123 Å². The molecule has 0 unspecified atom stereocenters. The van der Waals surface area contributed by atoms with E-state index in [2.05, 4.69) is 38.8 Å². The van der Waals surface area contributed by atoms with Crippen molar-refractivity contribution in [2.24, 2.45) is 0 Å². The summed E-state index contributed by atoms with van der Waals surface area (Å²) in [6, 6.07) is 7.99. The van der Waals surface area contributed by atoms with E-state index in [1.807, 2.05) is 13.8 Å². The molecule has 3 N–H and O–H groups in total. The first-order chi connectivity index (χ1) is 10.1. The fourth-order valence-electron chi connectivity index (χ4n) is 2.49. The molecular weight excluding hydrogens is 264 g/mol. The molecule has 0 atom stereocenters. The number of aromatic nitrogens is 2. The fourth-order valence-corrected chi connectivity index (χ4v) is 2.49. The summed E-state index contributed by atoms with van der Waals surface area (Å²) in [6.45, 7) is 6.58. The zero-order chi connectivity index (χ0) is 14.8. The van der Waals surface area contributed by atoms with Crippen LogP contribution in [-0.4, -0.2) is 9.97 Å². The molecular formula is C16H20N4O. The third-order valence-corrected chi connectivity index (χ3v) is 3.68. The lowest BCUT2D eigenvalue weighted by atomic mass is 10.1. The van der Waals surface area contributed by atoms with Crippen LogP contribution in [0.4, 0.5) is 5.82 Å². The molecule has 5 nitrogen and oxygen atoms in total. The zero-order valence-corrected chi connectivity index (χ0v) is 12.4. The first-order valence-electron chi connectivity index (χ1n) is 7.28. The van der Waals surface area contributed by atoms with Crippen LogP contribution in [0, 0.1) is 0 Å². The summed E-state index contributed by atoms with van der Waals surface area (Å²) < 4.78 is 0. The van der Waals surface area contributed by atoms with E-state index in [9.17, 15) is 4.79 Å². The number of fused-ring (bicyclic) bond motifs is 1.